The topological polar surface area (TPSA) is 107 Å². The van der Waals surface area contributed by atoms with E-state index in [0.29, 0.717) is 36.3 Å². The molecule has 1 unspecified atom stereocenters. The van der Waals surface area contributed by atoms with Crippen molar-refractivity contribution in [1.82, 2.24) is 10.2 Å². The van der Waals surface area contributed by atoms with Crippen molar-refractivity contribution in [2.45, 2.75) is 83.4 Å². The number of hydrogen-bond donors (Lipinski definition) is 1. The molecule has 0 aliphatic carbocycles. The largest absolute Gasteiger partial charge is 0.493 e. The Balaban J connectivity index is 2.05. The molecule has 0 bridgehead atoms. The highest BCUT2D eigenvalue weighted by atomic mass is 16.6. The zero-order chi connectivity index (χ0) is 26.5. The van der Waals surface area contributed by atoms with Crippen LogP contribution in [0.4, 0.5) is 4.79 Å². The van der Waals surface area contributed by atoms with Gasteiger partial charge in [-0.2, -0.15) is 0 Å². The highest BCUT2D eigenvalue weighted by Crippen LogP contribution is 2.40. The molecule has 2 heterocycles. The minimum absolute atomic E-state index is 0.155. The molecule has 1 saturated heterocycles. The minimum Gasteiger partial charge on any atom is -0.493 e. The zero-order valence-corrected chi connectivity index (χ0v) is 21.9. The summed E-state index contributed by atoms with van der Waals surface area (Å²) < 4.78 is 16.1. The van der Waals surface area contributed by atoms with Crippen LogP contribution in [-0.2, 0) is 14.3 Å². The number of nitrogens with zero attached hydrogens (tertiary/aromatic N) is 2. The van der Waals surface area contributed by atoms with E-state index in [1.165, 1.54) is 12.0 Å². The van der Waals surface area contributed by atoms with Gasteiger partial charge in [0.05, 0.1) is 31.7 Å². The molecule has 1 N–H and O–H groups in total. The first-order valence-corrected chi connectivity index (χ1v) is 12.4. The molecule has 1 aromatic carbocycles. The van der Waals surface area contributed by atoms with Crippen LogP contribution in [0.25, 0.3) is 0 Å². The zero-order valence-electron chi connectivity index (χ0n) is 21.9. The normalized spacial score (nSPS) is 22.8. The Morgan fingerprint density at radius 2 is 2.11 bits per heavy atom. The van der Waals surface area contributed by atoms with E-state index >= 15 is 0 Å². The lowest BCUT2D eigenvalue weighted by atomic mass is 9.83. The van der Waals surface area contributed by atoms with Crippen LogP contribution >= 0.6 is 0 Å². The maximum absolute atomic E-state index is 13.8. The van der Waals surface area contributed by atoms with E-state index < -0.39 is 29.2 Å². The lowest BCUT2D eigenvalue weighted by Crippen LogP contribution is -2.63. The van der Waals surface area contributed by atoms with Gasteiger partial charge in [0.1, 0.15) is 11.4 Å². The number of carbonyl (C=O) groups is 3. The molecular weight excluding hydrogens is 462 g/mol. The number of nitrogens with one attached hydrogen (secondary N) is 1. The van der Waals surface area contributed by atoms with Crippen LogP contribution in [0.2, 0.25) is 0 Å². The Morgan fingerprint density at radius 3 is 2.75 bits per heavy atom. The van der Waals surface area contributed by atoms with Crippen molar-refractivity contribution < 1.29 is 28.6 Å². The highest BCUT2D eigenvalue weighted by Gasteiger charge is 2.45. The number of rotatable bonds is 7. The second kappa shape index (κ2) is 11.1. The summed E-state index contributed by atoms with van der Waals surface area (Å²) in [6.07, 6.45) is 4.85. The van der Waals surface area contributed by atoms with Gasteiger partial charge in [0, 0.05) is 17.5 Å². The SMILES string of the molecule is C=CCCCC1(CC)CC(=O)N([C@@H]2CCOc3ccc(C(=O)OC)cc32)/C(=N/C(=O)OC(C)(C)C)N1. The van der Waals surface area contributed by atoms with Gasteiger partial charge >= 0.3 is 12.1 Å². The Labute approximate surface area is 212 Å². The third-order valence-corrected chi connectivity index (χ3v) is 6.44. The monoisotopic (exact) mass is 499 g/mol. The van der Waals surface area contributed by atoms with E-state index in [1.54, 1.807) is 39.0 Å². The summed E-state index contributed by atoms with van der Waals surface area (Å²) in [5.41, 5.74) is -0.273. The minimum atomic E-state index is -0.781. The number of allylic oxidation sites excluding steroid dienone is 1. The van der Waals surface area contributed by atoms with Gasteiger partial charge in [0.2, 0.25) is 11.9 Å². The molecular formula is C27H37N3O6. The fourth-order valence-corrected chi connectivity index (χ4v) is 4.62. The fraction of sp³-hybridized carbons (Fsp3) is 0.556. The first-order valence-electron chi connectivity index (χ1n) is 12.4. The molecule has 0 aromatic heterocycles. The summed E-state index contributed by atoms with van der Waals surface area (Å²) >= 11 is 0. The number of aliphatic imine (C=N–C) groups is 1. The molecule has 9 heteroatoms. The molecule has 2 aliphatic heterocycles. The summed E-state index contributed by atoms with van der Waals surface area (Å²) in [6.45, 7) is 11.5. The van der Waals surface area contributed by atoms with Crippen LogP contribution in [0, 0.1) is 0 Å². The third-order valence-electron chi connectivity index (χ3n) is 6.44. The maximum Gasteiger partial charge on any atom is 0.437 e. The number of hydrogen-bond acceptors (Lipinski definition) is 6. The van der Waals surface area contributed by atoms with E-state index in [-0.39, 0.29) is 18.3 Å². The Hall–Kier alpha value is -3.36. The van der Waals surface area contributed by atoms with Gasteiger partial charge in [-0.05, 0) is 64.7 Å². The third kappa shape index (κ3) is 6.25. The predicted molar refractivity (Wildman–Crippen MR) is 136 cm³/mol. The van der Waals surface area contributed by atoms with E-state index in [1.807, 2.05) is 13.0 Å². The average molecular weight is 500 g/mol. The smallest absolute Gasteiger partial charge is 0.437 e. The molecule has 9 nitrogen and oxygen atoms in total. The number of guanidine groups is 1. The van der Waals surface area contributed by atoms with Crippen molar-refractivity contribution >= 4 is 23.9 Å². The van der Waals surface area contributed by atoms with Crippen molar-refractivity contribution in [1.29, 1.82) is 0 Å². The number of benzene rings is 1. The average Bonchev–Trinajstić information content (AvgIpc) is 2.82. The van der Waals surface area contributed by atoms with Crippen molar-refractivity contribution in [3.63, 3.8) is 0 Å². The standard InChI is InChI=1S/C27H37N3O6/c1-7-9-10-14-27(8-2)17-22(31)30(24(29-27)28-25(33)36-26(3,4)5)20-13-15-35-21-12-11-18(16-19(20)21)23(32)34-6/h7,11-12,16,20H,1,8-10,13-15,17H2,2-6H3,(H,28,29,33)/t20-,27?/m1/s1. The van der Waals surface area contributed by atoms with Crippen LogP contribution in [0.3, 0.4) is 0 Å². The molecule has 0 spiro atoms. The molecule has 36 heavy (non-hydrogen) atoms. The lowest BCUT2D eigenvalue weighted by Gasteiger charge is -2.46. The van der Waals surface area contributed by atoms with E-state index in [2.05, 4.69) is 16.9 Å². The maximum atomic E-state index is 13.8. The number of carbonyl (C=O) groups excluding carboxylic acids is 3. The first kappa shape index (κ1) is 27.2. The van der Waals surface area contributed by atoms with E-state index in [9.17, 15) is 14.4 Å². The Morgan fingerprint density at radius 1 is 1.36 bits per heavy atom. The first-order chi connectivity index (χ1) is 17.0. The summed E-state index contributed by atoms with van der Waals surface area (Å²) in [6, 6.07) is 4.52. The summed E-state index contributed by atoms with van der Waals surface area (Å²) in [4.78, 5) is 44.5. The molecule has 2 aliphatic rings. The molecule has 0 saturated carbocycles. The summed E-state index contributed by atoms with van der Waals surface area (Å²) in [7, 11) is 1.32. The van der Waals surface area contributed by atoms with Crippen LogP contribution in [0.15, 0.2) is 35.8 Å². The number of fused-ring (bicyclic) bond motifs is 1. The molecule has 196 valence electrons. The predicted octanol–water partition coefficient (Wildman–Crippen LogP) is 4.91. The summed E-state index contributed by atoms with van der Waals surface area (Å²) in [5, 5.41) is 3.44. The fourth-order valence-electron chi connectivity index (χ4n) is 4.62. The van der Waals surface area contributed by atoms with Gasteiger partial charge in [-0.25, -0.2) is 9.59 Å². The van der Waals surface area contributed by atoms with Crippen molar-refractivity contribution in [3.8, 4) is 5.75 Å². The molecule has 0 radical (unpaired) electrons. The number of esters is 1. The van der Waals surface area contributed by atoms with E-state index in [0.717, 1.165) is 19.3 Å². The number of amides is 2. The molecule has 3 rings (SSSR count). The Bertz CT molecular complexity index is 1040. The van der Waals surface area contributed by atoms with Crippen molar-refractivity contribution in [3.05, 3.63) is 42.0 Å². The van der Waals surface area contributed by atoms with Gasteiger partial charge in [-0.3, -0.25) is 9.69 Å². The van der Waals surface area contributed by atoms with E-state index in [4.69, 9.17) is 14.2 Å². The van der Waals surface area contributed by atoms with Crippen molar-refractivity contribution in [2.75, 3.05) is 13.7 Å². The van der Waals surface area contributed by atoms with Crippen LogP contribution in [-0.4, -0.2) is 53.7 Å². The second-order valence-corrected chi connectivity index (χ2v) is 10.2. The number of unbranched alkanes of at least 4 members (excludes halogenated alkanes) is 1. The van der Waals surface area contributed by atoms with Gasteiger partial charge in [-0.1, -0.05) is 13.0 Å². The van der Waals surface area contributed by atoms with Crippen LogP contribution in [0.5, 0.6) is 5.75 Å². The quantitative estimate of drug-likeness (QED) is 0.323. The summed E-state index contributed by atoms with van der Waals surface area (Å²) in [5.74, 6) is 0.0850. The van der Waals surface area contributed by atoms with Gasteiger partial charge < -0.3 is 19.5 Å². The Kier molecular flexibility index (Phi) is 8.43. The van der Waals surface area contributed by atoms with Crippen LogP contribution < -0.4 is 10.1 Å². The van der Waals surface area contributed by atoms with Gasteiger partial charge in [0.15, 0.2) is 0 Å². The van der Waals surface area contributed by atoms with Crippen LogP contribution in [0.1, 0.15) is 88.2 Å². The highest BCUT2D eigenvalue weighted by molar-refractivity contribution is 6.04. The number of ether oxygens (including phenoxy) is 3. The van der Waals surface area contributed by atoms with Crippen molar-refractivity contribution in [2.24, 2.45) is 4.99 Å². The molecule has 2 amide bonds. The molecule has 1 fully saturated rings. The molecule has 1 aromatic rings. The second-order valence-electron chi connectivity index (χ2n) is 10.2. The number of methoxy groups -OCH3 is 1. The molecule has 2 atom stereocenters. The lowest BCUT2D eigenvalue weighted by molar-refractivity contribution is -0.133. The van der Waals surface area contributed by atoms with Gasteiger partial charge in [-0.15, -0.1) is 11.6 Å². The van der Waals surface area contributed by atoms with Gasteiger partial charge in [0.25, 0.3) is 0 Å².